The van der Waals surface area contributed by atoms with Gasteiger partial charge in [-0.05, 0) is 45.0 Å². The highest BCUT2D eigenvalue weighted by Gasteiger charge is 2.28. The lowest BCUT2D eigenvalue weighted by Crippen LogP contribution is -2.52. The summed E-state index contributed by atoms with van der Waals surface area (Å²) in [5, 5.41) is 6.47. The highest BCUT2D eigenvalue weighted by molar-refractivity contribution is 5.92. The van der Waals surface area contributed by atoms with E-state index in [2.05, 4.69) is 29.4 Å². The van der Waals surface area contributed by atoms with E-state index >= 15 is 0 Å². The van der Waals surface area contributed by atoms with Gasteiger partial charge in [0.25, 0.3) is 0 Å². The molecule has 1 aromatic carbocycles. The van der Waals surface area contributed by atoms with E-state index in [1.165, 1.54) is 19.3 Å². The van der Waals surface area contributed by atoms with Crippen molar-refractivity contribution in [2.75, 3.05) is 25.0 Å². The second-order valence-electron chi connectivity index (χ2n) is 5.79. The Labute approximate surface area is 127 Å². The fourth-order valence-corrected chi connectivity index (χ4v) is 3.14. The molecule has 0 aromatic heterocycles. The molecule has 2 N–H and O–H groups in total. The molecule has 1 saturated heterocycles. The van der Waals surface area contributed by atoms with Crippen LogP contribution in [-0.4, -0.2) is 42.5 Å². The molecule has 0 radical (unpaired) electrons. The molecule has 1 heterocycles. The molecule has 4 nitrogen and oxygen atoms in total. The number of hydrogen-bond donors (Lipinski definition) is 2. The van der Waals surface area contributed by atoms with Gasteiger partial charge in [-0.2, -0.15) is 0 Å². The number of anilines is 1. The smallest absolute Gasteiger partial charge is 0.238 e. The minimum atomic E-state index is 0.0804. The van der Waals surface area contributed by atoms with Gasteiger partial charge in [-0.15, -0.1) is 0 Å². The Morgan fingerprint density at radius 2 is 2.10 bits per heavy atom. The molecular weight excluding hydrogens is 262 g/mol. The van der Waals surface area contributed by atoms with Crippen LogP contribution in [0.4, 0.5) is 5.69 Å². The highest BCUT2D eigenvalue weighted by atomic mass is 16.2. The van der Waals surface area contributed by atoms with E-state index in [4.69, 9.17) is 0 Å². The van der Waals surface area contributed by atoms with Gasteiger partial charge < -0.3 is 10.6 Å². The number of piperidine rings is 1. The summed E-state index contributed by atoms with van der Waals surface area (Å²) in [7, 11) is 0. The molecule has 0 spiro atoms. The fourth-order valence-electron chi connectivity index (χ4n) is 3.14. The van der Waals surface area contributed by atoms with Crippen molar-refractivity contribution in [3.8, 4) is 0 Å². The third-order valence-electron chi connectivity index (χ3n) is 4.17. The van der Waals surface area contributed by atoms with Crippen LogP contribution in [0.5, 0.6) is 0 Å². The molecule has 0 aliphatic carbocycles. The number of nitrogens with zero attached hydrogens (tertiary/aromatic N) is 1. The van der Waals surface area contributed by atoms with Crippen molar-refractivity contribution >= 4 is 11.6 Å². The zero-order valence-electron chi connectivity index (χ0n) is 13.1. The van der Waals surface area contributed by atoms with Crippen molar-refractivity contribution < 1.29 is 4.79 Å². The third-order valence-corrected chi connectivity index (χ3v) is 4.17. The lowest BCUT2D eigenvalue weighted by atomic mass is 9.96. The zero-order valence-corrected chi connectivity index (χ0v) is 13.1. The lowest BCUT2D eigenvalue weighted by Gasteiger charge is -2.39. The maximum absolute atomic E-state index is 12.2. The van der Waals surface area contributed by atoms with E-state index in [1.54, 1.807) is 0 Å². The van der Waals surface area contributed by atoms with Crippen LogP contribution in [0.1, 0.15) is 33.1 Å². The fraction of sp³-hybridized carbons (Fsp3) is 0.588. The normalized spacial score (nSPS) is 21.0. The Bertz CT molecular complexity index is 435. The highest BCUT2D eigenvalue weighted by Crippen LogP contribution is 2.19. The van der Waals surface area contributed by atoms with E-state index in [1.807, 2.05) is 30.3 Å². The molecule has 2 atom stereocenters. The number of rotatable bonds is 6. The van der Waals surface area contributed by atoms with Crippen molar-refractivity contribution in [3.05, 3.63) is 30.3 Å². The predicted molar refractivity (Wildman–Crippen MR) is 87.4 cm³/mol. The predicted octanol–water partition coefficient (Wildman–Crippen LogP) is 2.48. The lowest BCUT2D eigenvalue weighted by molar-refractivity contribution is -0.118. The molecular formula is C17H27N3O. The Kier molecular flexibility index (Phi) is 6.21. The first-order valence-electron chi connectivity index (χ1n) is 8.03. The molecule has 1 fully saturated rings. The van der Waals surface area contributed by atoms with E-state index in [-0.39, 0.29) is 5.91 Å². The van der Waals surface area contributed by atoms with E-state index < -0.39 is 0 Å². The van der Waals surface area contributed by atoms with Crippen LogP contribution in [-0.2, 0) is 4.79 Å². The Balaban J connectivity index is 1.90. The number of likely N-dealkylation sites (tertiary alicyclic amines) is 1. The number of nitrogens with one attached hydrogen (secondary N) is 2. The largest absolute Gasteiger partial charge is 0.325 e. The van der Waals surface area contributed by atoms with E-state index in [0.717, 1.165) is 18.8 Å². The number of likely N-dealkylation sites (N-methyl/N-ethyl adjacent to an activating group) is 1. The SMILES string of the molecule is CCNC(C)C1CCCCN1CC(=O)Nc1ccccc1. The molecule has 21 heavy (non-hydrogen) atoms. The van der Waals surface area contributed by atoms with Crippen LogP contribution in [0, 0.1) is 0 Å². The Morgan fingerprint density at radius 1 is 1.33 bits per heavy atom. The standard InChI is InChI=1S/C17H27N3O/c1-3-18-14(2)16-11-7-8-12-20(16)13-17(21)19-15-9-5-4-6-10-15/h4-6,9-10,14,16,18H,3,7-8,11-13H2,1-2H3,(H,19,21). The average molecular weight is 289 g/mol. The molecule has 2 rings (SSSR count). The van der Waals surface area contributed by atoms with Gasteiger partial charge in [0.05, 0.1) is 6.54 Å². The molecule has 1 aromatic rings. The van der Waals surface area contributed by atoms with Crippen molar-refractivity contribution in [2.24, 2.45) is 0 Å². The minimum Gasteiger partial charge on any atom is -0.325 e. The summed E-state index contributed by atoms with van der Waals surface area (Å²) in [6.45, 7) is 6.83. The number of para-hydroxylation sites is 1. The van der Waals surface area contributed by atoms with Crippen LogP contribution < -0.4 is 10.6 Å². The Hall–Kier alpha value is -1.39. The molecule has 0 saturated carbocycles. The molecule has 1 amide bonds. The first-order chi connectivity index (χ1) is 10.2. The number of amides is 1. The first-order valence-corrected chi connectivity index (χ1v) is 8.03. The summed E-state index contributed by atoms with van der Waals surface area (Å²) < 4.78 is 0. The quantitative estimate of drug-likeness (QED) is 0.845. The van der Waals surface area contributed by atoms with Crippen LogP contribution >= 0.6 is 0 Å². The van der Waals surface area contributed by atoms with Crippen molar-refractivity contribution in [2.45, 2.75) is 45.2 Å². The third kappa shape index (κ3) is 4.83. The number of hydrogen-bond acceptors (Lipinski definition) is 3. The summed E-state index contributed by atoms with van der Waals surface area (Å²) in [6, 6.07) is 10.6. The number of benzene rings is 1. The average Bonchev–Trinajstić information content (AvgIpc) is 2.49. The van der Waals surface area contributed by atoms with Crippen LogP contribution in [0.25, 0.3) is 0 Å². The summed E-state index contributed by atoms with van der Waals surface area (Å²) >= 11 is 0. The van der Waals surface area contributed by atoms with Gasteiger partial charge in [0.1, 0.15) is 0 Å². The monoisotopic (exact) mass is 289 g/mol. The first kappa shape index (κ1) is 16.0. The molecule has 2 unspecified atom stereocenters. The maximum atomic E-state index is 12.2. The van der Waals surface area contributed by atoms with Crippen molar-refractivity contribution in [1.29, 1.82) is 0 Å². The zero-order chi connectivity index (χ0) is 15.1. The van der Waals surface area contributed by atoms with Crippen LogP contribution in [0.2, 0.25) is 0 Å². The minimum absolute atomic E-state index is 0.0804. The molecule has 4 heteroatoms. The molecule has 1 aliphatic heterocycles. The second kappa shape index (κ2) is 8.15. The van der Waals surface area contributed by atoms with Gasteiger partial charge in [-0.3, -0.25) is 9.69 Å². The maximum Gasteiger partial charge on any atom is 0.238 e. The summed E-state index contributed by atoms with van der Waals surface area (Å²) in [5.74, 6) is 0.0804. The molecule has 116 valence electrons. The topological polar surface area (TPSA) is 44.4 Å². The molecule has 1 aliphatic rings. The number of carbonyl (C=O) groups excluding carboxylic acids is 1. The summed E-state index contributed by atoms with van der Waals surface area (Å²) in [5.41, 5.74) is 0.871. The van der Waals surface area contributed by atoms with E-state index in [9.17, 15) is 4.79 Å². The summed E-state index contributed by atoms with van der Waals surface area (Å²) in [4.78, 5) is 14.6. The van der Waals surface area contributed by atoms with Gasteiger partial charge >= 0.3 is 0 Å². The van der Waals surface area contributed by atoms with Gasteiger partial charge in [-0.1, -0.05) is 31.5 Å². The number of carbonyl (C=O) groups is 1. The van der Waals surface area contributed by atoms with Gasteiger partial charge in [0.15, 0.2) is 0 Å². The second-order valence-corrected chi connectivity index (χ2v) is 5.79. The van der Waals surface area contributed by atoms with E-state index in [0.29, 0.717) is 18.6 Å². The van der Waals surface area contributed by atoms with Crippen LogP contribution in [0.3, 0.4) is 0 Å². The summed E-state index contributed by atoms with van der Waals surface area (Å²) in [6.07, 6.45) is 3.62. The van der Waals surface area contributed by atoms with Gasteiger partial charge in [0.2, 0.25) is 5.91 Å². The van der Waals surface area contributed by atoms with Gasteiger partial charge in [0, 0.05) is 17.8 Å². The van der Waals surface area contributed by atoms with Crippen molar-refractivity contribution in [3.63, 3.8) is 0 Å². The van der Waals surface area contributed by atoms with Crippen LogP contribution in [0.15, 0.2) is 30.3 Å². The van der Waals surface area contributed by atoms with Gasteiger partial charge in [-0.25, -0.2) is 0 Å². The Morgan fingerprint density at radius 3 is 2.81 bits per heavy atom. The van der Waals surface area contributed by atoms with Crippen molar-refractivity contribution in [1.82, 2.24) is 10.2 Å². The molecule has 0 bridgehead atoms.